The van der Waals surface area contributed by atoms with Crippen molar-refractivity contribution in [2.45, 2.75) is 0 Å². The Balaban J connectivity index is 0. The van der Waals surface area contributed by atoms with Crippen LogP contribution in [-0.2, 0) is 32.7 Å². The van der Waals surface area contributed by atoms with Crippen LogP contribution in [0, 0.1) is 7.43 Å². The monoisotopic (exact) mass is 172 g/mol. The quantitative estimate of drug-likeness (QED) is 0.512. The molecule has 0 bridgehead atoms. The largest absolute Gasteiger partial charge is 0.432 e. The maximum absolute atomic E-state index is 3.50. The number of aromatic nitrogens is 3. The van der Waals surface area contributed by atoms with Crippen LogP contribution in [0.4, 0.5) is 0 Å². The fourth-order valence-electron chi connectivity index (χ4n) is 0.149. The summed E-state index contributed by atoms with van der Waals surface area (Å²) in [6.07, 6.45) is 2.78. The molecule has 37 valence electrons. The molecule has 7 heavy (non-hydrogen) atoms. The summed E-state index contributed by atoms with van der Waals surface area (Å²) in [5.74, 6) is 0. The number of hydrogen-bond donors (Lipinski definition) is 0. The van der Waals surface area contributed by atoms with Gasteiger partial charge in [-0.05, 0) is 0 Å². The summed E-state index contributed by atoms with van der Waals surface area (Å²) in [6.45, 7) is 0. The van der Waals surface area contributed by atoms with Crippen LogP contribution < -0.4 is 5.10 Å². The molecule has 0 unspecified atom stereocenters. The Morgan fingerprint density at radius 3 is 2.29 bits per heavy atom. The predicted octanol–water partition coefficient (Wildman–Crippen LogP) is -0.118. The average molecular weight is 172 g/mol. The Hall–Kier alpha value is 0.244. The van der Waals surface area contributed by atoms with Crippen LogP contribution in [-0.4, -0.2) is 10.1 Å². The van der Waals surface area contributed by atoms with Gasteiger partial charge in [0.25, 0.3) is 0 Å². The summed E-state index contributed by atoms with van der Waals surface area (Å²) < 4.78 is 0. The summed E-state index contributed by atoms with van der Waals surface area (Å²) in [7, 11) is 0. The van der Waals surface area contributed by atoms with E-state index in [9.17, 15) is 0 Å². The number of rotatable bonds is 0. The Bertz CT molecular complexity index is 66.7. The predicted molar refractivity (Wildman–Crippen MR) is 21.8 cm³/mol. The first kappa shape index (κ1) is 10.3. The standard InChI is InChI=1S/C2H2N3.CH3.Y/c1-3-2-5-4-1;;/h1-2H;1H3;/q2*-1;. The first-order valence-corrected chi connectivity index (χ1v) is 1.23. The van der Waals surface area contributed by atoms with E-state index >= 15 is 0 Å². The van der Waals surface area contributed by atoms with E-state index in [1.807, 2.05) is 0 Å². The second-order valence-corrected chi connectivity index (χ2v) is 0.611. The van der Waals surface area contributed by atoms with Crippen molar-refractivity contribution in [1.29, 1.82) is 0 Å². The maximum atomic E-state index is 3.50. The van der Waals surface area contributed by atoms with Crippen molar-refractivity contribution >= 4 is 0 Å². The molecule has 0 spiro atoms. The van der Waals surface area contributed by atoms with Crippen LogP contribution in [0.3, 0.4) is 0 Å². The fraction of sp³-hybridized carbons (Fsp3) is 0. The molecular weight excluding hydrogens is 167 g/mol. The molecule has 3 nitrogen and oxygen atoms in total. The third-order valence-corrected chi connectivity index (χ3v) is 0.303. The molecule has 1 radical (unpaired) electrons. The van der Waals surface area contributed by atoms with Crippen LogP contribution in [0.2, 0.25) is 0 Å². The topological polar surface area (TPSA) is 39.9 Å². The van der Waals surface area contributed by atoms with Crippen molar-refractivity contribution in [3.63, 3.8) is 0 Å². The normalized spacial score (nSPS) is 5.71. The van der Waals surface area contributed by atoms with E-state index in [0.717, 1.165) is 0 Å². The van der Waals surface area contributed by atoms with Crippen molar-refractivity contribution in [2.75, 3.05) is 0 Å². The van der Waals surface area contributed by atoms with Gasteiger partial charge in [0.05, 0.1) is 0 Å². The molecule has 1 rings (SSSR count). The molecule has 0 aliphatic heterocycles. The van der Waals surface area contributed by atoms with Gasteiger partial charge in [-0.15, -0.1) is 0 Å². The minimum Gasteiger partial charge on any atom is -0.432 e. The molecule has 1 aromatic heterocycles. The van der Waals surface area contributed by atoms with Crippen LogP contribution in [0.1, 0.15) is 0 Å². The average Bonchev–Trinajstić information content (AvgIpc) is 1.76. The van der Waals surface area contributed by atoms with Crippen molar-refractivity contribution in [3.8, 4) is 0 Å². The molecule has 0 aromatic carbocycles. The van der Waals surface area contributed by atoms with Gasteiger partial charge >= 0.3 is 0 Å². The van der Waals surface area contributed by atoms with Gasteiger partial charge in [-0.1, -0.05) is 6.33 Å². The van der Waals surface area contributed by atoms with Crippen molar-refractivity contribution < 1.29 is 32.7 Å². The summed E-state index contributed by atoms with van der Waals surface area (Å²) in [6, 6.07) is 0. The summed E-state index contributed by atoms with van der Waals surface area (Å²) >= 11 is 0. The van der Waals surface area contributed by atoms with Crippen LogP contribution >= 0.6 is 0 Å². The third-order valence-electron chi connectivity index (χ3n) is 0.303. The molecule has 0 aliphatic rings. The summed E-state index contributed by atoms with van der Waals surface area (Å²) in [4.78, 5) is 3.50. The van der Waals surface area contributed by atoms with Crippen LogP contribution in [0.25, 0.3) is 0 Å². The van der Waals surface area contributed by atoms with Gasteiger partial charge in [0.2, 0.25) is 0 Å². The van der Waals surface area contributed by atoms with Crippen molar-refractivity contribution in [2.24, 2.45) is 0 Å². The summed E-state index contributed by atoms with van der Waals surface area (Å²) in [5, 5.41) is 6.72. The van der Waals surface area contributed by atoms with Gasteiger partial charge in [0.1, 0.15) is 0 Å². The third kappa shape index (κ3) is 4.09. The van der Waals surface area contributed by atoms with E-state index < -0.39 is 0 Å². The molecule has 4 heteroatoms. The molecule has 1 aromatic rings. The first-order chi connectivity index (χ1) is 2.50. The van der Waals surface area contributed by atoms with Gasteiger partial charge < -0.3 is 17.5 Å². The second kappa shape index (κ2) is 6.24. The molecule has 0 N–H and O–H groups in total. The van der Waals surface area contributed by atoms with Crippen LogP contribution in [0.15, 0.2) is 12.7 Å². The van der Waals surface area contributed by atoms with Crippen molar-refractivity contribution in [1.82, 2.24) is 15.2 Å². The minimum atomic E-state index is 0. The van der Waals surface area contributed by atoms with E-state index in [2.05, 4.69) is 15.2 Å². The van der Waals surface area contributed by atoms with Gasteiger partial charge in [0.15, 0.2) is 0 Å². The Morgan fingerprint density at radius 1 is 1.43 bits per heavy atom. The molecule has 0 saturated carbocycles. The maximum Gasteiger partial charge on any atom is 0.0119 e. The zero-order chi connectivity index (χ0) is 3.54. The SMILES string of the molecule is [CH3-].[Y].c1nc[n-]n1. The summed E-state index contributed by atoms with van der Waals surface area (Å²) in [5.41, 5.74) is 0. The van der Waals surface area contributed by atoms with E-state index in [1.54, 1.807) is 0 Å². The number of nitrogens with zero attached hydrogens (tertiary/aromatic N) is 3. The van der Waals surface area contributed by atoms with Gasteiger partial charge in [-0.25, -0.2) is 0 Å². The Kier molecular flexibility index (Phi) is 9.16. The zero-order valence-electron chi connectivity index (χ0n) is 4.07. The van der Waals surface area contributed by atoms with Gasteiger partial charge in [0, 0.05) is 39.0 Å². The molecular formula is C3H5N3Y-2. The minimum absolute atomic E-state index is 0. The van der Waals surface area contributed by atoms with Gasteiger partial charge in [-0.3, -0.25) is 5.10 Å². The van der Waals surface area contributed by atoms with E-state index in [-0.39, 0.29) is 40.1 Å². The van der Waals surface area contributed by atoms with Crippen molar-refractivity contribution in [3.05, 3.63) is 20.1 Å². The first-order valence-electron chi connectivity index (χ1n) is 1.23. The second-order valence-electron chi connectivity index (χ2n) is 0.611. The van der Waals surface area contributed by atoms with E-state index in [4.69, 9.17) is 0 Å². The Morgan fingerprint density at radius 2 is 2.14 bits per heavy atom. The molecule has 0 aliphatic carbocycles. The molecule has 0 atom stereocenters. The van der Waals surface area contributed by atoms with Gasteiger partial charge in [-0.2, -0.15) is 0 Å². The molecule has 0 saturated heterocycles. The Labute approximate surface area is 67.8 Å². The molecule has 0 amide bonds. The van der Waals surface area contributed by atoms with E-state index in [0.29, 0.717) is 0 Å². The zero-order valence-corrected chi connectivity index (χ0v) is 6.91. The van der Waals surface area contributed by atoms with E-state index in [1.165, 1.54) is 12.7 Å². The number of hydrogen-bond acceptors (Lipinski definition) is 2. The smallest absolute Gasteiger partial charge is 0.0119 e. The molecule has 1 heterocycles. The van der Waals surface area contributed by atoms with Crippen LogP contribution in [0.5, 0.6) is 0 Å². The fourth-order valence-corrected chi connectivity index (χ4v) is 0.149. The molecule has 0 fully saturated rings.